The third kappa shape index (κ3) is 2.54. The lowest BCUT2D eigenvalue weighted by Crippen LogP contribution is -2.22. The molecule has 24 heavy (non-hydrogen) atoms. The molecule has 3 aromatic carbocycles. The number of hydrogen-bond acceptors (Lipinski definition) is 3. The quantitative estimate of drug-likeness (QED) is 0.610. The van der Waals surface area contributed by atoms with Gasteiger partial charge >= 0.3 is 0 Å². The average Bonchev–Trinajstić information content (AvgIpc) is 2.64. The summed E-state index contributed by atoms with van der Waals surface area (Å²) in [4.78, 5) is 22.1. The van der Waals surface area contributed by atoms with E-state index in [-0.39, 0.29) is 5.56 Å². The number of nitrogens with zero attached hydrogens (tertiary/aromatic N) is 2. The first-order valence-corrected chi connectivity index (χ1v) is 7.72. The van der Waals surface area contributed by atoms with Gasteiger partial charge in [-0.2, -0.15) is 0 Å². The minimum Gasteiger partial charge on any atom is -0.317 e. The van der Waals surface area contributed by atoms with Crippen molar-refractivity contribution < 1.29 is 0 Å². The van der Waals surface area contributed by atoms with Crippen molar-refractivity contribution in [2.24, 2.45) is 0 Å². The van der Waals surface area contributed by atoms with Crippen LogP contribution in [-0.4, -0.2) is 9.97 Å². The zero-order valence-electron chi connectivity index (χ0n) is 12.9. The van der Waals surface area contributed by atoms with Crippen LogP contribution in [0, 0.1) is 0 Å². The molecule has 0 atom stereocenters. The summed E-state index contributed by atoms with van der Waals surface area (Å²) in [7, 11) is 0. The van der Waals surface area contributed by atoms with Crippen LogP contribution in [0.5, 0.6) is 0 Å². The third-order valence-corrected chi connectivity index (χ3v) is 3.82. The van der Waals surface area contributed by atoms with Crippen molar-refractivity contribution in [2.75, 3.05) is 4.90 Å². The first kappa shape index (κ1) is 14.2. The molecule has 0 aliphatic carbocycles. The van der Waals surface area contributed by atoms with Crippen molar-refractivity contribution >= 4 is 28.2 Å². The van der Waals surface area contributed by atoms with Crippen molar-refractivity contribution in [3.8, 4) is 0 Å². The SMILES string of the molecule is O=c1[nH]c2ccccc2nc1N(c1ccccc1)c1ccccc1. The summed E-state index contributed by atoms with van der Waals surface area (Å²) in [6.45, 7) is 0. The Bertz CT molecular complexity index is 987. The predicted octanol–water partition coefficient (Wildman–Crippen LogP) is 4.39. The van der Waals surface area contributed by atoms with Crippen LogP contribution < -0.4 is 10.5 Å². The number of anilines is 3. The molecule has 0 bridgehead atoms. The second-order valence-electron chi connectivity index (χ2n) is 5.41. The number of para-hydroxylation sites is 4. The van der Waals surface area contributed by atoms with E-state index in [1.54, 1.807) is 0 Å². The molecule has 1 heterocycles. The van der Waals surface area contributed by atoms with Crippen LogP contribution in [0.3, 0.4) is 0 Å². The van der Waals surface area contributed by atoms with Gasteiger partial charge < -0.3 is 4.98 Å². The summed E-state index contributed by atoms with van der Waals surface area (Å²) in [6.07, 6.45) is 0. The molecule has 4 nitrogen and oxygen atoms in total. The lowest BCUT2D eigenvalue weighted by atomic mass is 10.2. The van der Waals surface area contributed by atoms with E-state index in [4.69, 9.17) is 0 Å². The van der Waals surface area contributed by atoms with E-state index in [1.807, 2.05) is 89.8 Å². The molecule has 0 spiro atoms. The Balaban J connectivity index is 1.97. The van der Waals surface area contributed by atoms with Gasteiger partial charge in [0, 0.05) is 11.4 Å². The van der Waals surface area contributed by atoms with Crippen molar-refractivity contribution in [1.82, 2.24) is 9.97 Å². The fraction of sp³-hybridized carbons (Fsp3) is 0. The van der Waals surface area contributed by atoms with Crippen molar-refractivity contribution in [3.63, 3.8) is 0 Å². The van der Waals surface area contributed by atoms with Gasteiger partial charge in [0.1, 0.15) is 0 Å². The molecule has 0 amide bonds. The summed E-state index contributed by atoms with van der Waals surface area (Å²) in [5, 5.41) is 0. The van der Waals surface area contributed by atoms with Gasteiger partial charge in [0.25, 0.3) is 5.56 Å². The van der Waals surface area contributed by atoms with Gasteiger partial charge in [-0.1, -0.05) is 48.5 Å². The first-order chi connectivity index (χ1) is 11.8. The Morgan fingerprint density at radius 3 is 1.88 bits per heavy atom. The van der Waals surface area contributed by atoms with Crippen molar-refractivity contribution in [3.05, 3.63) is 95.3 Å². The number of H-pyrrole nitrogens is 1. The molecule has 0 saturated heterocycles. The Labute approximate surface area is 139 Å². The molecule has 4 aromatic rings. The van der Waals surface area contributed by atoms with E-state index >= 15 is 0 Å². The van der Waals surface area contributed by atoms with Gasteiger partial charge in [0.05, 0.1) is 11.0 Å². The lowest BCUT2D eigenvalue weighted by molar-refractivity contribution is 1.13. The third-order valence-electron chi connectivity index (χ3n) is 3.82. The topological polar surface area (TPSA) is 49.0 Å². The van der Waals surface area contributed by atoms with Crippen LogP contribution in [0.4, 0.5) is 17.2 Å². The summed E-state index contributed by atoms with van der Waals surface area (Å²) >= 11 is 0. The molecule has 0 aliphatic heterocycles. The standard InChI is InChI=1S/C20H15N3O/c24-20-19(21-17-13-7-8-14-18(17)22-20)23(15-9-3-1-4-10-15)16-11-5-2-6-12-16/h1-14H,(H,22,24). The summed E-state index contributed by atoms with van der Waals surface area (Å²) in [5.41, 5.74) is 3.03. The predicted molar refractivity (Wildman–Crippen MR) is 97.0 cm³/mol. The van der Waals surface area contributed by atoms with E-state index in [0.717, 1.165) is 22.4 Å². The van der Waals surface area contributed by atoms with Crippen LogP contribution in [-0.2, 0) is 0 Å². The minimum absolute atomic E-state index is 0.221. The molecule has 0 radical (unpaired) electrons. The first-order valence-electron chi connectivity index (χ1n) is 7.72. The highest BCUT2D eigenvalue weighted by atomic mass is 16.1. The largest absolute Gasteiger partial charge is 0.317 e. The second kappa shape index (κ2) is 6.01. The van der Waals surface area contributed by atoms with E-state index in [1.165, 1.54) is 0 Å². The highest BCUT2D eigenvalue weighted by molar-refractivity contribution is 5.80. The Morgan fingerprint density at radius 2 is 1.25 bits per heavy atom. The van der Waals surface area contributed by atoms with Gasteiger partial charge in [-0.15, -0.1) is 0 Å². The molecule has 0 fully saturated rings. The molecular weight excluding hydrogens is 298 g/mol. The summed E-state index contributed by atoms with van der Waals surface area (Å²) in [5.74, 6) is 0.353. The molecule has 0 aliphatic rings. The fourth-order valence-electron chi connectivity index (χ4n) is 2.72. The van der Waals surface area contributed by atoms with Crippen molar-refractivity contribution in [1.29, 1.82) is 0 Å². The molecule has 4 heteroatoms. The summed E-state index contributed by atoms with van der Waals surface area (Å²) in [6, 6.07) is 27.1. The van der Waals surface area contributed by atoms with E-state index in [0.29, 0.717) is 5.82 Å². The molecule has 4 rings (SSSR count). The number of rotatable bonds is 3. The number of fused-ring (bicyclic) bond motifs is 1. The Hall–Kier alpha value is -3.40. The van der Waals surface area contributed by atoms with Crippen molar-refractivity contribution in [2.45, 2.75) is 0 Å². The minimum atomic E-state index is -0.221. The number of aromatic nitrogens is 2. The average molecular weight is 313 g/mol. The highest BCUT2D eigenvalue weighted by Gasteiger charge is 2.17. The monoisotopic (exact) mass is 313 g/mol. The highest BCUT2D eigenvalue weighted by Crippen LogP contribution is 2.31. The maximum absolute atomic E-state index is 12.7. The molecule has 0 unspecified atom stereocenters. The van der Waals surface area contributed by atoms with Gasteiger partial charge in [-0.25, -0.2) is 4.98 Å². The molecule has 1 N–H and O–H groups in total. The number of benzene rings is 3. The van der Waals surface area contributed by atoms with E-state index in [2.05, 4.69) is 9.97 Å². The molecule has 1 aromatic heterocycles. The molecule has 116 valence electrons. The Kier molecular flexibility index (Phi) is 3.56. The summed E-state index contributed by atoms with van der Waals surface area (Å²) < 4.78 is 0. The van der Waals surface area contributed by atoms with Crippen LogP contribution >= 0.6 is 0 Å². The fourth-order valence-corrected chi connectivity index (χ4v) is 2.72. The molecular formula is C20H15N3O. The second-order valence-corrected chi connectivity index (χ2v) is 5.41. The van der Waals surface area contributed by atoms with E-state index < -0.39 is 0 Å². The van der Waals surface area contributed by atoms with Gasteiger partial charge in [-0.05, 0) is 36.4 Å². The lowest BCUT2D eigenvalue weighted by Gasteiger charge is -2.23. The Morgan fingerprint density at radius 1 is 0.708 bits per heavy atom. The van der Waals surface area contributed by atoms with Crippen LogP contribution in [0.2, 0.25) is 0 Å². The zero-order valence-corrected chi connectivity index (χ0v) is 12.9. The van der Waals surface area contributed by atoms with Crippen LogP contribution in [0.15, 0.2) is 89.7 Å². The number of aromatic amines is 1. The van der Waals surface area contributed by atoms with Crippen LogP contribution in [0.1, 0.15) is 0 Å². The molecule has 0 saturated carbocycles. The maximum atomic E-state index is 12.7. The number of nitrogens with one attached hydrogen (secondary N) is 1. The van der Waals surface area contributed by atoms with Crippen LogP contribution in [0.25, 0.3) is 11.0 Å². The smallest absolute Gasteiger partial charge is 0.292 e. The zero-order chi connectivity index (χ0) is 16.4. The normalized spacial score (nSPS) is 10.7. The van der Waals surface area contributed by atoms with E-state index in [9.17, 15) is 4.79 Å². The number of hydrogen-bond donors (Lipinski definition) is 1. The maximum Gasteiger partial charge on any atom is 0.292 e. The van der Waals surface area contributed by atoms with Gasteiger partial charge in [0.15, 0.2) is 0 Å². The van der Waals surface area contributed by atoms with Gasteiger partial charge in [0.2, 0.25) is 5.82 Å². The van der Waals surface area contributed by atoms with Gasteiger partial charge in [-0.3, -0.25) is 9.69 Å².